The first kappa shape index (κ1) is 11.5. The number of alkyl halides is 3. The molecule has 1 aromatic rings. The van der Waals surface area contributed by atoms with Crippen LogP contribution >= 0.6 is 15.9 Å². The van der Waals surface area contributed by atoms with Crippen molar-refractivity contribution in [1.29, 1.82) is 0 Å². The van der Waals surface area contributed by atoms with Crippen LogP contribution in [-0.2, 0) is 0 Å². The quantitative estimate of drug-likeness (QED) is 0.781. The number of halogens is 5. The number of benzene rings is 1. The molecule has 0 aliphatic heterocycles. The first-order valence-electron chi connectivity index (χ1n) is 3.59. The molecule has 0 radical (unpaired) electrons. The van der Waals surface area contributed by atoms with E-state index in [1.54, 1.807) is 0 Å². The predicted octanol–water partition coefficient (Wildman–Crippen LogP) is 3.15. The van der Waals surface area contributed by atoms with Gasteiger partial charge in [0.05, 0.1) is 4.47 Å². The SMILES string of the molecule is NC(c1ccc(Br)c(F)c1)C(F)(F)F. The van der Waals surface area contributed by atoms with Crippen LogP contribution in [0, 0.1) is 5.82 Å². The van der Waals surface area contributed by atoms with Gasteiger partial charge in [-0.25, -0.2) is 4.39 Å². The number of rotatable bonds is 1. The Labute approximate surface area is 86.0 Å². The number of nitrogens with two attached hydrogens (primary N) is 1. The van der Waals surface area contributed by atoms with Crippen LogP contribution in [0.2, 0.25) is 0 Å². The van der Waals surface area contributed by atoms with E-state index in [9.17, 15) is 17.6 Å². The van der Waals surface area contributed by atoms with Crippen molar-refractivity contribution >= 4 is 15.9 Å². The molecule has 1 atom stereocenters. The summed E-state index contributed by atoms with van der Waals surface area (Å²) in [7, 11) is 0. The summed E-state index contributed by atoms with van der Waals surface area (Å²) in [6, 6.07) is 0.939. The van der Waals surface area contributed by atoms with Crippen LogP contribution in [0.15, 0.2) is 22.7 Å². The van der Waals surface area contributed by atoms with Gasteiger partial charge in [-0.3, -0.25) is 0 Å². The van der Waals surface area contributed by atoms with E-state index in [0.29, 0.717) is 0 Å². The second-order valence-electron chi connectivity index (χ2n) is 2.69. The van der Waals surface area contributed by atoms with Gasteiger partial charge in [-0.1, -0.05) is 6.07 Å². The molecule has 0 saturated carbocycles. The summed E-state index contributed by atoms with van der Waals surface area (Å²) in [6.07, 6.45) is -4.56. The van der Waals surface area contributed by atoms with Gasteiger partial charge in [0.25, 0.3) is 0 Å². The van der Waals surface area contributed by atoms with Gasteiger partial charge in [0, 0.05) is 0 Å². The molecule has 0 heterocycles. The Morgan fingerprint density at radius 3 is 2.29 bits per heavy atom. The number of hydrogen-bond donors (Lipinski definition) is 1. The normalized spacial score (nSPS) is 14.1. The molecular weight excluding hydrogens is 266 g/mol. The average Bonchev–Trinajstić information content (AvgIpc) is 2.07. The van der Waals surface area contributed by atoms with Crippen molar-refractivity contribution in [2.24, 2.45) is 5.73 Å². The van der Waals surface area contributed by atoms with Crippen LogP contribution in [0.5, 0.6) is 0 Å². The number of hydrogen-bond acceptors (Lipinski definition) is 1. The third-order valence-corrected chi connectivity index (χ3v) is 2.30. The second-order valence-corrected chi connectivity index (χ2v) is 3.55. The van der Waals surface area contributed by atoms with Gasteiger partial charge >= 0.3 is 6.18 Å². The molecule has 0 aromatic heterocycles. The largest absolute Gasteiger partial charge is 0.407 e. The van der Waals surface area contributed by atoms with Crippen LogP contribution in [0.25, 0.3) is 0 Å². The molecule has 6 heteroatoms. The van der Waals surface area contributed by atoms with E-state index < -0.39 is 18.0 Å². The van der Waals surface area contributed by atoms with Crippen LogP contribution < -0.4 is 5.73 Å². The van der Waals surface area contributed by atoms with Gasteiger partial charge in [-0.2, -0.15) is 13.2 Å². The zero-order valence-electron chi connectivity index (χ0n) is 6.78. The highest BCUT2D eigenvalue weighted by molar-refractivity contribution is 9.10. The maximum absolute atomic E-state index is 12.9. The molecule has 0 saturated heterocycles. The standard InChI is InChI=1S/C8H6BrF4N/c9-5-2-1-4(3-6(5)10)7(14)8(11,12)13/h1-3,7H,14H2. The molecule has 0 aliphatic rings. The van der Waals surface area contributed by atoms with Gasteiger partial charge in [0.1, 0.15) is 11.9 Å². The molecule has 1 rings (SSSR count). The van der Waals surface area contributed by atoms with Crippen LogP contribution in [0.4, 0.5) is 17.6 Å². The van der Waals surface area contributed by atoms with Crippen molar-refractivity contribution in [3.8, 4) is 0 Å². The van der Waals surface area contributed by atoms with Crippen molar-refractivity contribution in [2.45, 2.75) is 12.2 Å². The molecule has 14 heavy (non-hydrogen) atoms. The highest BCUT2D eigenvalue weighted by Crippen LogP contribution is 2.31. The lowest BCUT2D eigenvalue weighted by Crippen LogP contribution is -2.28. The molecule has 0 aliphatic carbocycles. The third kappa shape index (κ3) is 2.45. The van der Waals surface area contributed by atoms with E-state index >= 15 is 0 Å². The zero-order valence-corrected chi connectivity index (χ0v) is 8.36. The highest BCUT2D eigenvalue weighted by atomic mass is 79.9. The van der Waals surface area contributed by atoms with Gasteiger partial charge in [0.15, 0.2) is 0 Å². The average molecular weight is 272 g/mol. The molecule has 0 bridgehead atoms. The lowest BCUT2D eigenvalue weighted by molar-refractivity contribution is -0.149. The topological polar surface area (TPSA) is 26.0 Å². The van der Waals surface area contributed by atoms with Crippen molar-refractivity contribution in [1.82, 2.24) is 0 Å². The molecule has 0 amide bonds. The maximum Gasteiger partial charge on any atom is 0.407 e. The third-order valence-electron chi connectivity index (χ3n) is 1.66. The van der Waals surface area contributed by atoms with Crippen LogP contribution in [0.1, 0.15) is 11.6 Å². The summed E-state index contributed by atoms with van der Waals surface area (Å²) in [5, 5.41) is 0. The van der Waals surface area contributed by atoms with E-state index in [2.05, 4.69) is 15.9 Å². The van der Waals surface area contributed by atoms with E-state index in [1.807, 2.05) is 0 Å². The molecule has 1 unspecified atom stereocenters. The summed E-state index contributed by atoms with van der Waals surface area (Å²) in [5.74, 6) is -0.762. The summed E-state index contributed by atoms with van der Waals surface area (Å²) in [5.41, 5.74) is 4.59. The molecular formula is C8H6BrF4N. The molecule has 2 N–H and O–H groups in total. The van der Waals surface area contributed by atoms with E-state index in [-0.39, 0.29) is 10.0 Å². The van der Waals surface area contributed by atoms with Crippen molar-refractivity contribution in [2.75, 3.05) is 0 Å². The fourth-order valence-corrected chi connectivity index (χ4v) is 1.14. The van der Waals surface area contributed by atoms with Crippen molar-refractivity contribution in [3.63, 3.8) is 0 Å². The lowest BCUT2D eigenvalue weighted by atomic mass is 10.1. The molecule has 78 valence electrons. The Hall–Kier alpha value is -0.620. The maximum atomic E-state index is 12.9. The molecule has 1 aromatic carbocycles. The fourth-order valence-electron chi connectivity index (χ4n) is 0.895. The molecule has 1 nitrogen and oxygen atoms in total. The minimum Gasteiger partial charge on any atom is -0.316 e. The van der Waals surface area contributed by atoms with E-state index in [4.69, 9.17) is 5.73 Å². The first-order chi connectivity index (χ1) is 6.32. The zero-order chi connectivity index (χ0) is 10.9. The monoisotopic (exact) mass is 271 g/mol. The Morgan fingerprint density at radius 1 is 1.29 bits per heavy atom. The van der Waals surface area contributed by atoms with Gasteiger partial charge in [0.2, 0.25) is 0 Å². The summed E-state index contributed by atoms with van der Waals surface area (Å²) < 4.78 is 49.3. The van der Waals surface area contributed by atoms with Gasteiger partial charge < -0.3 is 5.73 Å². The van der Waals surface area contributed by atoms with E-state index in [1.165, 1.54) is 6.07 Å². The summed E-state index contributed by atoms with van der Waals surface area (Å²) >= 11 is 2.83. The first-order valence-corrected chi connectivity index (χ1v) is 4.39. The highest BCUT2D eigenvalue weighted by Gasteiger charge is 2.37. The minimum absolute atomic E-state index is 0.107. The minimum atomic E-state index is -4.56. The molecule has 0 spiro atoms. The Kier molecular flexibility index (Phi) is 3.16. The van der Waals surface area contributed by atoms with Gasteiger partial charge in [-0.15, -0.1) is 0 Å². The van der Waals surface area contributed by atoms with Crippen molar-refractivity contribution < 1.29 is 17.6 Å². The Bertz CT molecular complexity index is 337. The lowest BCUT2D eigenvalue weighted by Gasteiger charge is -2.15. The van der Waals surface area contributed by atoms with E-state index in [0.717, 1.165) is 12.1 Å². The second kappa shape index (κ2) is 3.86. The smallest absolute Gasteiger partial charge is 0.316 e. The summed E-state index contributed by atoms with van der Waals surface area (Å²) in [4.78, 5) is 0. The van der Waals surface area contributed by atoms with Crippen LogP contribution in [-0.4, -0.2) is 6.18 Å². The Balaban J connectivity index is 3.03. The van der Waals surface area contributed by atoms with Crippen LogP contribution in [0.3, 0.4) is 0 Å². The fraction of sp³-hybridized carbons (Fsp3) is 0.250. The summed E-state index contributed by atoms with van der Waals surface area (Å²) in [6.45, 7) is 0. The molecule has 0 fully saturated rings. The Morgan fingerprint density at radius 2 is 1.86 bits per heavy atom. The van der Waals surface area contributed by atoms with Crippen molar-refractivity contribution in [3.05, 3.63) is 34.1 Å². The van der Waals surface area contributed by atoms with Gasteiger partial charge in [-0.05, 0) is 33.6 Å². The predicted molar refractivity (Wildman–Crippen MR) is 47.1 cm³/mol.